The normalized spacial score (nSPS) is 10.7. The van der Waals surface area contributed by atoms with E-state index in [1.165, 1.54) is 0 Å². The fraction of sp³-hybridized carbons (Fsp3) is 0.263. The SMILES string of the molecule is CCCCN=CCOc1ccccc1C(=O)Oc1ccccc1. The molecule has 0 radical (unpaired) electrons. The van der Waals surface area contributed by atoms with Crippen LogP contribution in [0.4, 0.5) is 0 Å². The van der Waals surface area contributed by atoms with Gasteiger partial charge in [0.05, 0.1) is 0 Å². The van der Waals surface area contributed by atoms with Crippen molar-refractivity contribution >= 4 is 12.2 Å². The molecule has 0 aliphatic heterocycles. The molecule has 2 aromatic carbocycles. The van der Waals surface area contributed by atoms with Gasteiger partial charge in [0.2, 0.25) is 0 Å². The van der Waals surface area contributed by atoms with E-state index in [4.69, 9.17) is 9.47 Å². The summed E-state index contributed by atoms with van der Waals surface area (Å²) in [6.07, 6.45) is 3.91. The number of carbonyl (C=O) groups excluding carboxylic acids is 1. The largest absolute Gasteiger partial charge is 0.487 e. The van der Waals surface area contributed by atoms with Gasteiger partial charge >= 0.3 is 5.97 Å². The topological polar surface area (TPSA) is 47.9 Å². The molecule has 2 rings (SSSR count). The van der Waals surface area contributed by atoms with Gasteiger partial charge in [-0.15, -0.1) is 0 Å². The van der Waals surface area contributed by atoms with Crippen molar-refractivity contribution in [1.29, 1.82) is 0 Å². The lowest BCUT2D eigenvalue weighted by molar-refractivity contribution is 0.0731. The molecule has 0 N–H and O–H groups in total. The number of nitrogens with zero attached hydrogens (tertiary/aromatic N) is 1. The maximum absolute atomic E-state index is 12.3. The number of benzene rings is 2. The van der Waals surface area contributed by atoms with E-state index in [1.807, 2.05) is 24.3 Å². The molecule has 0 amide bonds. The third-order valence-electron chi connectivity index (χ3n) is 3.14. The zero-order chi connectivity index (χ0) is 16.3. The van der Waals surface area contributed by atoms with Crippen LogP contribution in [0.25, 0.3) is 0 Å². The van der Waals surface area contributed by atoms with E-state index in [1.54, 1.807) is 36.5 Å². The van der Waals surface area contributed by atoms with Gasteiger partial charge in [-0.25, -0.2) is 4.79 Å². The van der Waals surface area contributed by atoms with E-state index in [-0.39, 0.29) is 0 Å². The van der Waals surface area contributed by atoms with Crippen LogP contribution < -0.4 is 9.47 Å². The highest BCUT2D eigenvalue weighted by molar-refractivity contribution is 5.94. The Hall–Kier alpha value is -2.62. The molecule has 23 heavy (non-hydrogen) atoms. The molecule has 4 nitrogen and oxygen atoms in total. The molecule has 0 unspecified atom stereocenters. The van der Waals surface area contributed by atoms with Crippen molar-refractivity contribution < 1.29 is 14.3 Å². The van der Waals surface area contributed by atoms with Crippen LogP contribution in [0.3, 0.4) is 0 Å². The van der Waals surface area contributed by atoms with Crippen molar-refractivity contribution in [3.63, 3.8) is 0 Å². The Kier molecular flexibility index (Phi) is 6.85. The van der Waals surface area contributed by atoms with E-state index >= 15 is 0 Å². The highest BCUT2D eigenvalue weighted by Gasteiger charge is 2.14. The number of hydrogen-bond donors (Lipinski definition) is 0. The Morgan fingerprint density at radius 3 is 2.61 bits per heavy atom. The molecular weight excluding hydrogens is 290 g/mol. The Bertz CT molecular complexity index is 638. The van der Waals surface area contributed by atoms with Gasteiger partial charge < -0.3 is 9.47 Å². The van der Waals surface area contributed by atoms with Gasteiger partial charge in [-0.05, 0) is 30.7 Å². The molecule has 0 saturated carbocycles. The molecule has 0 aliphatic rings. The van der Waals surface area contributed by atoms with Crippen molar-refractivity contribution in [3.05, 3.63) is 60.2 Å². The fourth-order valence-electron chi connectivity index (χ4n) is 1.93. The van der Waals surface area contributed by atoms with E-state index in [2.05, 4.69) is 11.9 Å². The van der Waals surface area contributed by atoms with Crippen LogP contribution in [0.5, 0.6) is 11.5 Å². The van der Waals surface area contributed by atoms with Gasteiger partial charge in [-0.3, -0.25) is 4.99 Å². The van der Waals surface area contributed by atoms with Crippen molar-refractivity contribution in [1.82, 2.24) is 0 Å². The Morgan fingerprint density at radius 2 is 1.83 bits per heavy atom. The monoisotopic (exact) mass is 311 g/mol. The predicted octanol–water partition coefficient (Wildman–Crippen LogP) is 4.16. The second-order valence-electron chi connectivity index (χ2n) is 4.95. The van der Waals surface area contributed by atoms with E-state index in [9.17, 15) is 4.79 Å². The smallest absolute Gasteiger partial charge is 0.347 e. The average Bonchev–Trinajstić information content (AvgIpc) is 2.59. The van der Waals surface area contributed by atoms with E-state index in [0.717, 1.165) is 19.4 Å². The number of rotatable bonds is 8. The van der Waals surface area contributed by atoms with Gasteiger partial charge in [0, 0.05) is 12.8 Å². The molecule has 0 atom stereocenters. The van der Waals surface area contributed by atoms with Crippen molar-refractivity contribution in [2.75, 3.05) is 13.2 Å². The number of ether oxygens (including phenoxy) is 2. The third kappa shape index (κ3) is 5.58. The van der Waals surface area contributed by atoms with Crippen LogP contribution in [-0.4, -0.2) is 25.3 Å². The molecule has 0 spiro atoms. The summed E-state index contributed by atoms with van der Waals surface area (Å²) in [5.41, 5.74) is 0.401. The van der Waals surface area contributed by atoms with Crippen LogP contribution in [0.15, 0.2) is 59.6 Å². The van der Waals surface area contributed by atoms with Gasteiger partial charge in [-0.1, -0.05) is 43.7 Å². The molecule has 2 aromatic rings. The molecule has 0 heterocycles. The lowest BCUT2D eigenvalue weighted by Gasteiger charge is -2.09. The van der Waals surface area contributed by atoms with Gasteiger partial charge in [0.25, 0.3) is 0 Å². The number of aliphatic imine (C=N–C) groups is 1. The van der Waals surface area contributed by atoms with Crippen LogP contribution in [0, 0.1) is 0 Å². The second-order valence-corrected chi connectivity index (χ2v) is 4.95. The quantitative estimate of drug-likeness (QED) is 0.318. The molecule has 120 valence electrons. The third-order valence-corrected chi connectivity index (χ3v) is 3.14. The molecule has 4 heteroatoms. The summed E-state index contributed by atoms with van der Waals surface area (Å²) in [7, 11) is 0. The minimum absolute atomic E-state index is 0.333. The van der Waals surface area contributed by atoms with Crippen molar-refractivity contribution in [2.45, 2.75) is 19.8 Å². The standard InChI is InChI=1S/C19H21NO3/c1-2-3-13-20-14-15-22-18-12-8-7-11-17(18)19(21)23-16-9-5-4-6-10-16/h4-12,14H,2-3,13,15H2,1H3. The average molecular weight is 311 g/mol. The number of unbranched alkanes of at least 4 members (excludes halogenated alkanes) is 1. The first-order valence-corrected chi connectivity index (χ1v) is 7.78. The highest BCUT2D eigenvalue weighted by Crippen LogP contribution is 2.20. The minimum atomic E-state index is -0.435. The van der Waals surface area contributed by atoms with Crippen LogP contribution in [0.2, 0.25) is 0 Å². The number of hydrogen-bond acceptors (Lipinski definition) is 4. The first-order valence-electron chi connectivity index (χ1n) is 7.78. The predicted molar refractivity (Wildman–Crippen MR) is 91.6 cm³/mol. The summed E-state index contributed by atoms with van der Waals surface area (Å²) in [5.74, 6) is 0.568. The van der Waals surface area contributed by atoms with Gasteiger partial charge in [-0.2, -0.15) is 0 Å². The first kappa shape index (κ1) is 16.7. The van der Waals surface area contributed by atoms with Gasteiger partial charge in [0.1, 0.15) is 23.7 Å². The Labute approximate surface area is 136 Å². The summed E-state index contributed by atoms with van der Waals surface area (Å²) in [6, 6.07) is 16.0. The van der Waals surface area contributed by atoms with Crippen molar-refractivity contribution in [3.8, 4) is 11.5 Å². The molecule has 0 aromatic heterocycles. The second kappa shape index (κ2) is 9.41. The fourth-order valence-corrected chi connectivity index (χ4v) is 1.93. The molecule has 0 fully saturated rings. The number of para-hydroxylation sites is 2. The zero-order valence-electron chi connectivity index (χ0n) is 13.3. The maximum atomic E-state index is 12.3. The summed E-state index contributed by atoms with van der Waals surface area (Å²) in [4.78, 5) is 16.5. The first-order chi connectivity index (χ1) is 11.3. The Balaban J connectivity index is 1.96. The van der Waals surface area contributed by atoms with E-state index < -0.39 is 5.97 Å². The lowest BCUT2D eigenvalue weighted by Crippen LogP contribution is -2.11. The minimum Gasteiger partial charge on any atom is -0.487 e. The van der Waals surface area contributed by atoms with E-state index in [0.29, 0.717) is 23.7 Å². The summed E-state index contributed by atoms with van der Waals surface area (Å²) in [5, 5.41) is 0. The highest BCUT2D eigenvalue weighted by atomic mass is 16.5. The van der Waals surface area contributed by atoms with Crippen LogP contribution in [0.1, 0.15) is 30.1 Å². The number of esters is 1. The van der Waals surface area contributed by atoms with Crippen LogP contribution in [-0.2, 0) is 0 Å². The maximum Gasteiger partial charge on any atom is 0.347 e. The van der Waals surface area contributed by atoms with Crippen molar-refractivity contribution in [2.24, 2.45) is 4.99 Å². The van der Waals surface area contributed by atoms with Gasteiger partial charge in [0.15, 0.2) is 0 Å². The molecule has 0 bridgehead atoms. The molecule has 0 saturated heterocycles. The molecule has 0 aliphatic carbocycles. The van der Waals surface area contributed by atoms with Crippen LogP contribution >= 0.6 is 0 Å². The number of carbonyl (C=O) groups is 1. The summed E-state index contributed by atoms with van der Waals surface area (Å²) < 4.78 is 11.0. The summed E-state index contributed by atoms with van der Waals surface area (Å²) >= 11 is 0. The molecular formula is C19H21NO3. The zero-order valence-corrected chi connectivity index (χ0v) is 13.3. The summed E-state index contributed by atoms with van der Waals surface area (Å²) in [6.45, 7) is 3.26. The Morgan fingerprint density at radius 1 is 1.09 bits per heavy atom. The lowest BCUT2D eigenvalue weighted by atomic mass is 10.2.